The van der Waals surface area contributed by atoms with Gasteiger partial charge in [-0.15, -0.1) is 0 Å². The van der Waals surface area contributed by atoms with E-state index in [2.05, 4.69) is 16.0 Å². The van der Waals surface area contributed by atoms with Crippen molar-refractivity contribution in [3.05, 3.63) is 58.1 Å². The monoisotopic (exact) mass is 527 g/mol. The summed E-state index contributed by atoms with van der Waals surface area (Å²) in [6, 6.07) is 7.54. The highest BCUT2D eigenvalue weighted by Crippen LogP contribution is 2.39. The third kappa shape index (κ3) is 5.59. The van der Waals surface area contributed by atoms with E-state index in [0.29, 0.717) is 36.5 Å². The van der Waals surface area contributed by atoms with Crippen molar-refractivity contribution in [2.75, 3.05) is 13.2 Å². The van der Waals surface area contributed by atoms with Crippen LogP contribution in [0.1, 0.15) is 25.7 Å². The van der Waals surface area contributed by atoms with Crippen LogP contribution in [0.3, 0.4) is 0 Å². The highest BCUT2D eigenvalue weighted by Gasteiger charge is 2.55. The van der Waals surface area contributed by atoms with Crippen LogP contribution in [-0.4, -0.2) is 42.1 Å². The highest BCUT2D eigenvalue weighted by atomic mass is 35.5. The largest absolute Gasteiger partial charge is 0.484 e. The van der Waals surface area contributed by atoms with E-state index in [1.54, 1.807) is 12.1 Å². The van der Waals surface area contributed by atoms with E-state index in [4.69, 9.17) is 32.7 Å². The van der Waals surface area contributed by atoms with E-state index >= 15 is 0 Å². The Morgan fingerprint density at radius 3 is 2.06 bits per heavy atom. The number of fused-ring (bicyclic) bond motifs is 3. The molecule has 1 saturated carbocycles. The third-order valence-electron chi connectivity index (χ3n) is 6.02. The van der Waals surface area contributed by atoms with Crippen LogP contribution in [0, 0.1) is 11.6 Å². The molecule has 0 radical (unpaired) electrons. The minimum Gasteiger partial charge on any atom is -0.484 e. The molecule has 35 heavy (non-hydrogen) atoms. The van der Waals surface area contributed by atoms with Crippen LogP contribution < -0.4 is 25.4 Å². The first-order chi connectivity index (χ1) is 16.6. The summed E-state index contributed by atoms with van der Waals surface area (Å²) in [5, 5.41) is 8.93. The van der Waals surface area contributed by atoms with Gasteiger partial charge in [-0.25, -0.2) is 8.78 Å². The minimum absolute atomic E-state index is 0.00214. The fourth-order valence-corrected chi connectivity index (χ4v) is 4.46. The topological polar surface area (TPSA) is 106 Å². The molecule has 2 saturated heterocycles. The lowest BCUT2D eigenvalue weighted by atomic mass is 9.71. The first-order valence-electron chi connectivity index (χ1n) is 10.7. The summed E-state index contributed by atoms with van der Waals surface area (Å²) in [6.07, 6.45) is 1.37. The normalized spacial score (nSPS) is 22.8. The molecule has 12 heteroatoms. The lowest BCUT2D eigenvalue weighted by Crippen LogP contribution is -2.77. The van der Waals surface area contributed by atoms with E-state index < -0.39 is 47.2 Å². The lowest BCUT2D eigenvalue weighted by Gasteiger charge is -2.52. The Kier molecular flexibility index (Phi) is 7.05. The zero-order chi connectivity index (χ0) is 25.2. The molecule has 8 nitrogen and oxygen atoms in total. The van der Waals surface area contributed by atoms with Gasteiger partial charge in [0.2, 0.25) is 5.91 Å². The van der Waals surface area contributed by atoms with Gasteiger partial charge in [0.1, 0.15) is 22.7 Å². The van der Waals surface area contributed by atoms with E-state index in [1.807, 2.05) is 0 Å². The molecule has 3 N–H and O–H groups in total. The quantitative estimate of drug-likeness (QED) is 0.489. The van der Waals surface area contributed by atoms with Crippen molar-refractivity contribution in [2.45, 2.75) is 36.9 Å². The predicted octanol–water partition coefficient (Wildman–Crippen LogP) is 3.10. The standard InChI is InChI=1S/C23H21Cl2F2N3O5/c24-15-3-1-13(9-16(15)25)34-11-19(31)28-22-5-7-23(8-6-22,30-21(22)33)29-20(32)12-35-14-2-4-17(26)18(27)10-14/h1-4,9-10H,5-8,11-12H2,(H,28,31)(H,29,32)(H,30,33). The predicted molar refractivity (Wildman–Crippen MR) is 122 cm³/mol. The molecule has 3 aliphatic rings. The third-order valence-corrected chi connectivity index (χ3v) is 6.76. The maximum absolute atomic E-state index is 13.3. The molecule has 2 bridgehead atoms. The van der Waals surface area contributed by atoms with Crippen molar-refractivity contribution in [3.63, 3.8) is 0 Å². The van der Waals surface area contributed by atoms with Crippen molar-refractivity contribution in [1.82, 2.24) is 16.0 Å². The first kappa shape index (κ1) is 25.0. The molecular formula is C23H21Cl2F2N3O5. The molecule has 0 spiro atoms. The Morgan fingerprint density at radius 2 is 1.46 bits per heavy atom. The van der Waals surface area contributed by atoms with Crippen LogP contribution in [0.15, 0.2) is 36.4 Å². The zero-order valence-electron chi connectivity index (χ0n) is 18.3. The molecule has 2 heterocycles. The summed E-state index contributed by atoms with van der Waals surface area (Å²) in [4.78, 5) is 37.7. The summed E-state index contributed by atoms with van der Waals surface area (Å²) in [6.45, 7) is -0.771. The molecular weight excluding hydrogens is 507 g/mol. The number of carbonyl (C=O) groups excluding carboxylic acids is 3. The van der Waals surface area contributed by atoms with Gasteiger partial charge in [0.25, 0.3) is 11.8 Å². The van der Waals surface area contributed by atoms with Crippen molar-refractivity contribution >= 4 is 40.9 Å². The fourth-order valence-electron chi connectivity index (χ4n) is 4.17. The van der Waals surface area contributed by atoms with Crippen LogP contribution in [0.25, 0.3) is 0 Å². The molecule has 5 rings (SSSR count). The second kappa shape index (κ2) is 9.87. The lowest BCUT2D eigenvalue weighted by molar-refractivity contribution is -0.147. The number of carbonyl (C=O) groups is 3. The average molecular weight is 528 g/mol. The Morgan fingerprint density at radius 1 is 0.857 bits per heavy atom. The van der Waals surface area contributed by atoms with Gasteiger partial charge in [0.15, 0.2) is 24.8 Å². The Bertz CT molecular complexity index is 1170. The van der Waals surface area contributed by atoms with Gasteiger partial charge in [-0.05, 0) is 49.9 Å². The van der Waals surface area contributed by atoms with Crippen LogP contribution in [0.5, 0.6) is 11.5 Å². The number of hydrogen-bond acceptors (Lipinski definition) is 5. The molecule has 0 unspecified atom stereocenters. The van der Waals surface area contributed by atoms with Crippen molar-refractivity contribution in [1.29, 1.82) is 0 Å². The number of nitrogens with one attached hydrogen (secondary N) is 3. The van der Waals surface area contributed by atoms with E-state index in [-0.39, 0.29) is 17.4 Å². The molecule has 0 aromatic heterocycles. The summed E-state index contributed by atoms with van der Waals surface area (Å²) >= 11 is 11.8. The first-order valence-corrected chi connectivity index (χ1v) is 11.5. The maximum atomic E-state index is 13.3. The van der Waals surface area contributed by atoms with E-state index in [9.17, 15) is 23.2 Å². The average Bonchev–Trinajstić information content (AvgIpc) is 2.82. The molecule has 2 aliphatic heterocycles. The number of ether oxygens (including phenoxy) is 2. The number of amides is 3. The Hall–Kier alpha value is -3.11. The van der Waals surface area contributed by atoms with Gasteiger partial charge < -0.3 is 25.4 Å². The van der Waals surface area contributed by atoms with Crippen molar-refractivity contribution in [2.24, 2.45) is 0 Å². The summed E-state index contributed by atoms with van der Waals surface area (Å²) in [7, 11) is 0. The Labute approximate surface area is 209 Å². The van der Waals surface area contributed by atoms with Crippen molar-refractivity contribution in [3.8, 4) is 11.5 Å². The smallest absolute Gasteiger partial charge is 0.259 e. The van der Waals surface area contributed by atoms with E-state index in [0.717, 1.165) is 12.1 Å². The van der Waals surface area contributed by atoms with Gasteiger partial charge >= 0.3 is 0 Å². The molecule has 2 aromatic carbocycles. The van der Waals surface area contributed by atoms with E-state index in [1.165, 1.54) is 12.1 Å². The van der Waals surface area contributed by atoms with Crippen LogP contribution in [0.2, 0.25) is 10.0 Å². The number of hydrogen-bond donors (Lipinski definition) is 3. The SMILES string of the molecule is O=C(COc1ccc(F)c(F)c1)NC12CCC(NC(=O)COc3ccc(Cl)c(Cl)c3)(CC1)C(=O)N2. The summed E-state index contributed by atoms with van der Waals surface area (Å²) in [5.41, 5.74) is -2.08. The second-order valence-electron chi connectivity index (χ2n) is 8.44. The minimum atomic E-state index is -1.10. The van der Waals surface area contributed by atoms with Crippen LogP contribution in [0.4, 0.5) is 8.78 Å². The maximum Gasteiger partial charge on any atom is 0.259 e. The summed E-state index contributed by atoms with van der Waals surface area (Å²) < 4.78 is 36.9. The number of halogens is 4. The number of piperidine rings is 2. The zero-order valence-corrected chi connectivity index (χ0v) is 19.8. The van der Waals surface area contributed by atoms with Gasteiger partial charge in [-0.2, -0.15) is 0 Å². The fraction of sp³-hybridized carbons (Fsp3) is 0.348. The molecule has 3 fully saturated rings. The second-order valence-corrected chi connectivity index (χ2v) is 9.26. The summed E-state index contributed by atoms with van der Waals surface area (Å²) in [5.74, 6) is -3.19. The van der Waals surface area contributed by atoms with Crippen molar-refractivity contribution < 1.29 is 32.6 Å². The van der Waals surface area contributed by atoms with Gasteiger partial charge in [-0.3, -0.25) is 14.4 Å². The van der Waals surface area contributed by atoms with Gasteiger partial charge in [0, 0.05) is 12.1 Å². The molecule has 0 atom stereocenters. The van der Waals surface area contributed by atoms with Crippen LogP contribution in [-0.2, 0) is 14.4 Å². The van der Waals surface area contributed by atoms with Gasteiger partial charge in [0.05, 0.1) is 10.0 Å². The molecule has 1 aliphatic carbocycles. The number of rotatable bonds is 8. The Balaban J connectivity index is 1.28. The highest BCUT2D eigenvalue weighted by molar-refractivity contribution is 6.42. The molecule has 3 amide bonds. The molecule has 186 valence electrons. The molecule has 2 aromatic rings. The number of benzene rings is 2. The van der Waals surface area contributed by atoms with Gasteiger partial charge in [-0.1, -0.05) is 23.2 Å². The van der Waals surface area contributed by atoms with Crippen LogP contribution >= 0.6 is 23.2 Å².